The van der Waals surface area contributed by atoms with Crippen LogP contribution in [0.1, 0.15) is 45.4 Å². The average molecular weight is 318 g/mol. The van der Waals surface area contributed by atoms with Crippen molar-refractivity contribution in [1.29, 1.82) is 0 Å². The topological polar surface area (TPSA) is 0 Å². The van der Waals surface area contributed by atoms with Gasteiger partial charge in [-0.1, -0.05) is 0 Å². The van der Waals surface area contributed by atoms with Crippen LogP contribution in [0.4, 0.5) is 0 Å². The zero-order valence-electron chi connectivity index (χ0n) is 9.74. The molecule has 0 aliphatic carbocycles. The van der Waals surface area contributed by atoms with Crippen LogP contribution in [0.2, 0.25) is 4.47 Å². The standard InChI is InChI=1S/C14H22Te/c1-2-3-4-5-6-10-13-15-14-11-8-7-9-12-14/h7-9,11-12H,2-6,10,13H2,1H3. The van der Waals surface area contributed by atoms with Gasteiger partial charge < -0.3 is 0 Å². The van der Waals surface area contributed by atoms with E-state index in [1.54, 1.807) is 3.61 Å². The molecule has 0 radical (unpaired) electrons. The molecule has 84 valence electrons. The molecule has 1 aromatic carbocycles. The molecule has 0 fully saturated rings. The van der Waals surface area contributed by atoms with Crippen LogP contribution in [-0.2, 0) is 0 Å². The third-order valence-corrected chi connectivity index (χ3v) is 5.64. The Morgan fingerprint density at radius 2 is 1.53 bits per heavy atom. The van der Waals surface area contributed by atoms with E-state index < -0.39 is 0 Å². The molecule has 1 aromatic rings. The summed E-state index contributed by atoms with van der Waals surface area (Å²) in [6.07, 6.45) is 8.60. The Morgan fingerprint density at radius 1 is 0.867 bits per heavy atom. The van der Waals surface area contributed by atoms with E-state index in [1.165, 1.54) is 43.0 Å². The molecule has 0 atom stereocenters. The average Bonchev–Trinajstić information content (AvgIpc) is 2.29. The molecule has 1 rings (SSSR count). The first-order valence-corrected chi connectivity index (χ1v) is 8.92. The van der Waals surface area contributed by atoms with E-state index in [0.717, 1.165) is 0 Å². The molecule has 0 unspecified atom stereocenters. The summed E-state index contributed by atoms with van der Waals surface area (Å²) >= 11 is 0.127. The van der Waals surface area contributed by atoms with E-state index in [4.69, 9.17) is 0 Å². The minimum atomic E-state index is 0.127. The molecule has 0 spiro atoms. The van der Waals surface area contributed by atoms with Crippen molar-refractivity contribution in [3.63, 3.8) is 0 Å². The molecule has 0 aromatic heterocycles. The van der Waals surface area contributed by atoms with Gasteiger partial charge in [0, 0.05) is 0 Å². The van der Waals surface area contributed by atoms with Crippen molar-refractivity contribution in [3.05, 3.63) is 30.3 Å². The van der Waals surface area contributed by atoms with Crippen molar-refractivity contribution in [2.24, 2.45) is 0 Å². The predicted molar refractivity (Wildman–Crippen MR) is 70.0 cm³/mol. The summed E-state index contributed by atoms with van der Waals surface area (Å²) in [5.41, 5.74) is 0. The number of benzene rings is 1. The molecular weight excluding hydrogens is 296 g/mol. The van der Waals surface area contributed by atoms with E-state index in [0.29, 0.717) is 0 Å². The molecule has 0 saturated heterocycles. The van der Waals surface area contributed by atoms with Gasteiger partial charge in [0.25, 0.3) is 0 Å². The summed E-state index contributed by atoms with van der Waals surface area (Å²) in [6.45, 7) is 2.28. The van der Waals surface area contributed by atoms with Crippen molar-refractivity contribution in [2.75, 3.05) is 0 Å². The second-order valence-corrected chi connectivity index (χ2v) is 7.26. The quantitative estimate of drug-likeness (QED) is 0.505. The Hall–Kier alpha value is 0.00961. The van der Waals surface area contributed by atoms with E-state index in [2.05, 4.69) is 37.3 Å². The number of unbranched alkanes of at least 4 members (excludes halogenated alkanes) is 5. The molecule has 0 bridgehead atoms. The predicted octanol–water partition coefficient (Wildman–Crippen LogP) is 3.79. The van der Waals surface area contributed by atoms with Gasteiger partial charge in [0.2, 0.25) is 0 Å². The third-order valence-electron chi connectivity index (χ3n) is 2.51. The Bertz CT molecular complexity index is 230. The maximum absolute atomic E-state index is 2.29. The SMILES string of the molecule is CCCCCCCC[Te]c1ccccc1. The molecule has 0 aliphatic rings. The Kier molecular flexibility index (Phi) is 8.06. The van der Waals surface area contributed by atoms with Crippen molar-refractivity contribution < 1.29 is 0 Å². The number of hydrogen-bond acceptors (Lipinski definition) is 0. The zero-order chi connectivity index (χ0) is 10.8. The molecule has 0 N–H and O–H groups in total. The van der Waals surface area contributed by atoms with Gasteiger partial charge in [-0.25, -0.2) is 0 Å². The number of rotatable bonds is 8. The van der Waals surface area contributed by atoms with Crippen LogP contribution >= 0.6 is 0 Å². The summed E-state index contributed by atoms with van der Waals surface area (Å²) in [4.78, 5) is 0. The first-order valence-electron chi connectivity index (χ1n) is 6.11. The summed E-state index contributed by atoms with van der Waals surface area (Å²) in [7, 11) is 0. The summed E-state index contributed by atoms with van der Waals surface area (Å²) in [5.74, 6) is 0. The molecule has 0 aliphatic heterocycles. The first-order chi connectivity index (χ1) is 7.43. The van der Waals surface area contributed by atoms with Gasteiger partial charge in [0.15, 0.2) is 0 Å². The third kappa shape index (κ3) is 6.98. The molecule has 0 heterocycles. The van der Waals surface area contributed by atoms with Gasteiger partial charge in [0.1, 0.15) is 0 Å². The zero-order valence-corrected chi connectivity index (χ0v) is 12.1. The van der Waals surface area contributed by atoms with Crippen LogP contribution in [0.25, 0.3) is 0 Å². The van der Waals surface area contributed by atoms with Gasteiger partial charge in [-0.2, -0.15) is 0 Å². The molecule has 0 saturated carbocycles. The van der Waals surface area contributed by atoms with Crippen LogP contribution in [0, 0.1) is 0 Å². The summed E-state index contributed by atoms with van der Waals surface area (Å²) in [6, 6.07) is 11.0. The molecular formula is C14H22Te. The van der Waals surface area contributed by atoms with Crippen LogP contribution in [0.15, 0.2) is 30.3 Å². The number of hydrogen-bond donors (Lipinski definition) is 0. The van der Waals surface area contributed by atoms with Gasteiger partial charge >= 0.3 is 105 Å². The van der Waals surface area contributed by atoms with Gasteiger partial charge in [-0.05, 0) is 0 Å². The second kappa shape index (κ2) is 9.25. The maximum atomic E-state index is 2.29. The first kappa shape index (κ1) is 13.1. The van der Waals surface area contributed by atoms with Gasteiger partial charge in [-0.3, -0.25) is 0 Å². The monoisotopic (exact) mass is 320 g/mol. The molecule has 0 amide bonds. The van der Waals surface area contributed by atoms with Gasteiger partial charge in [-0.15, -0.1) is 0 Å². The Balaban J connectivity index is 1.93. The summed E-state index contributed by atoms with van der Waals surface area (Å²) < 4.78 is 3.11. The van der Waals surface area contributed by atoms with Crippen molar-refractivity contribution in [2.45, 2.75) is 49.9 Å². The van der Waals surface area contributed by atoms with Crippen molar-refractivity contribution >= 4 is 24.5 Å². The minimum absolute atomic E-state index is 0.127. The molecule has 1 heteroatoms. The Morgan fingerprint density at radius 3 is 2.27 bits per heavy atom. The van der Waals surface area contributed by atoms with Crippen molar-refractivity contribution in [3.8, 4) is 0 Å². The van der Waals surface area contributed by atoms with Crippen molar-refractivity contribution in [1.82, 2.24) is 0 Å². The van der Waals surface area contributed by atoms with Crippen LogP contribution in [-0.4, -0.2) is 20.9 Å². The van der Waals surface area contributed by atoms with Crippen LogP contribution in [0.5, 0.6) is 0 Å². The second-order valence-electron chi connectivity index (χ2n) is 3.93. The van der Waals surface area contributed by atoms with E-state index >= 15 is 0 Å². The van der Waals surface area contributed by atoms with E-state index in [1.807, 2.05) is 0 Å². The fourth-order valence-corrected chi connectivity index (χ4v) is 4.25. The van der Waals surface area contributed by atoms with Crippen LogP contribution in [0.3, 0.4) is 0 Å². The molecule has 15 heavy (non-hydrogen) atoms. The van der Waals surface area contributed by atoms with E-state index in [9.17, 15) is 0 Å². The Labute approximate surface area is 105 Å². The summed E-state index contributed by atoms with van der Waals surface area (Å²) in [5, 5.41) is 0. The van der Waals surface area contributed by atoms with E-state index in [-0.39, 0.29) is 20.9 Å². The molecule has 0 nitrogen and oxygen atoms in total. The fourth-order valence-electron chi connectivity index (χ4n) is 1.59. The van der Waals surface area contributed by atoms with Gasteiger partial charge in [0.05, 0.1) is 0 Å². The van der Waals surface area contributed by atoms with Crippen LogP contribution < -0.4 is 3.61 Å². The normalized spacial score (nSPS) is 10.5. The fraction of sp³-hybridized carbons (Fsp3) is 0.571.